The molecule has 0 spiro atoms. The zero-order valence-electron chi connectivity index (χ0n) is 21.4. The van der Waals surface area contributed by atoms with Crippen LogP contribution in [0, 0.1) is 5.92 Å². The molecule has 0 radical (unpaired) electrons. The third kappa shape index (κ3) is 5.28. The number of hydrogen-bond donors (Lipinski definition) is 1. The molecule has 0 aliphatic rings. The first-order chi connectivity index (χ1) is 17.9. The van der Waals surface area contributed by atoms with Gasteiger partial charge in [-0.05, 0) is 36.1 Å². The zero-order chi connectivity index (χ0) is 25.9. The summed E-state index contributed by atoms with van der Waals surface area (Å²) in [5.41, 5.74) is 7.06. The SMILES string of the molecule is CC(=O)Cc1cccc(CC(=O)c2ccc(-c3cnc4c(NCC(C)C)nc5ccccc5n34)cc2)c1. The number of fused-ring (bicyclic) bond motifs is 3. The molecule has 2 aromatic heterocycles. The molecule has 0 saturated heterocycles. The summed E-state index contributed by atoms with van der Waals surface area (Å²) in [6.07, 6.45) is 2.54. The molecule has 3 aromatic carbocycles. The number of carbonyl (C=O) groups is 2. The fourth-order valence-corrected chi connectivity index (χ4v) is 4.56. The van der Waals surface area contributed by atoms with Gasteiger partial charge in [0.1, 0.15) is 5.78 Å². The van der Waals surface area contributed by atoms with Crippen LogP contribution in [0.3, 0.4) is 0 Å². The van der Waals surface area contributed by atoms with E-state index in [4.69, 9.17) is 9.97 Å². The minimum absolute atomic E-state index is 0.0412. The second-order valence-electron chi connectivity index (χ2n) is 9.90. The second-order valence-corrected chi connectivity index (χ2v) is 9.90. The van der Waals surface area contributed by atoms with Crippen molar-refractivity contribution in [2.45, 2.75) is 33.6 Å². The lowest BCUT2D eigenvalue weighted by Gasteiger charge is -2.13. The molecule has 5 aromatic rings. The molecule has 5 rings (SSSR count). The molecule has 0 saturated carbocycles. The van der Waals surface area contributed by atoms with Crippen LogP contribution in [0.1, 0.15) is 42.3 Å². The maximum atomic E-state index is 13.0. The number of ketones is 2. The number of nitrogens with zero attached hydrogens (tertiary/aromatic N) is 3. The van der Waals surface area contributed by atoms with Crippen molar-refractivity contribution in [1.29, 1.82) is 0 Å². The largest absolute Gasteiger partial charge is 0.367 e. The Balaban J connectivity index is 1.45. The number of rotatable bonds is 9. The third-order valence-electron chi connectivity index (χ3n) is 6.32. The van der Waals surface area contributed by atoms with Crippen molar-refractivity contribution in [3.05, 3.63) is 95.7 Å². The minimum atomic E-state index is 0.0412. The molecule has 0 atom stereocenters. The highest BCUT2D eigenvalue weighted by Gasteiger charge is 2.16. The van der Waals surface area contributed by atoms with Gasteiger partial charge in [-0.1, -0.05) is 74.5 Å². The topological polar surface area (TPSA) is 76.4 Å². The molecule has 2 heterocycles. The van der Waals surface area contributed by atoms with E-state index in [2.05, 4.69) is 23.6 Å². The Hall–Kier alpha value is -4.32. The first-order valence-corrected chi connectivity index (χ1v) is 12.6. The average Bonchev–Trinajstić information content (AvgIpc) is 3.33. The highest BCUT2D eigenvalue weighted by atomic mass is 16.1. The molecule has 1 N–H and O–H groups in total. The number of imidazole rings is 1. The molecule has 6 heteroatoms. The van der Waals surface area contributed by atoms with Crippen molar-refractivity contribution in [3.8, 4) is 11.3 Å². The Labute approximate surface area is 216 Å². The maximum absolute atomic E-state index is 13.0. The number of aromatic nitrogens is 3. The summed E-state index contributed by atoms with van der Waals surface area (Å²) in [6, 6.07) is 23.4. The summed E-state index contributed by atoms with van der Waals surface area (Å²) in [7, 11) is 0. The molecule has 0 amide bonds. The fraction of sp³-hybridized carbons (Fsp3) is 0.226. The van der Waals surface area contributed by atoms with Gasteiger partial charge in [0, 0.05) is 30.5 Å². The van der Waals surface area contributed by atoms with E-state index in [0.717, 1.165) is 51.4 Å². The summed E-state index contributed by atoms with van der Waals surface area (Å²) in [5, 5.41) is 3.45. The summed E-state index contributed by atoms with van der Waals surface area (Å²) < 4.78 is 2.13. The Bertz CT molecular complexity index is 1600. The van der Waals surface area contributed by atoms with Gasteiger partial charge in [0.25, 0.3) is 0 Å². The van der Waals surface area contributed by atoms with Gasteiger partial charge in [-0.25, -0.2) is 9.97 Å². The molecule has 0 fully saturated rings. The highest BCUT2D eigenvalue weighted by molar-refractivity contribution is 5.98. The van der Waals surface area contributed by atoms with Gasteiger partial charge in [-0.2, -0.15) is 0 Å². The van der Waals surface area contributed by atoms with Gasteiger partial charge in [-0.3, -0.25) is 14.0 Å². The van der Waals surface area contributed by atoms with E-state index in [1.165, 1.54) is 0 Å². The molecule has 0 unspecified atom stereocenters. The Morgan fingerprint density at radius 3 is 2.38 bits per heavy atom. The van der Waals surface area contributed by atoms with Gasteiger partial charge in [0.15, 0.2) is 17.2 Å². The van der Waals surface area contributed by atoms with Gasteiger partial charge in [0.2, 0.25) is 0 Å². The van der Waals surface area contributed by atoms with Crippen molar-refractivity contribution in [2.75, 3.05) is 11.9 Å². The van der Waals surface area contributed by atoms with Crippen LogP contribution < -0.4 is 5.32 Å². The van der Waals surface area contributed by atoms with Crippen LogP contribution in [0.4, 0.5) is 5.82 Å². The van der Waals surface area contributed by atoms with Gasteiger partial charge >= 0.3 is 0 Å². The van der Waals surface area contributed by atoms with Crippen LogP contribution in [0.15, 0.2) is 79.0 Å². The van der Waals surface area contributed by atoms with Crippen LogP contribution in [-0.2, 0) is 17.6 Å². The van der Waals surface area contributed by atoms with Gasteiger partial charge < -0.3 is 5.32 Å². The molecular formula is C31H30N4O2. The second kappa shape index (κ2) is 10.3. The number of anilines is 1. The quantitative estimate of drug-likeness (QED) is 0.250. The van der Waals surface area contributed by atoms with Crippen LogP contribution in [0.25, 0.3) is 27.9 Å². The van der Waals surface area contributed by atoms with E-state index in [1.54, 1.807) is 6.92 Å². The summed E-state index contributed by atoms with van der Waals surface area (Å²) in [4.78, 5) is 34.0. The number of para-hydroxylation sites is 2. The maximum Gasteiger partial charge on any atom is 0.181 e. The highest BCUT2D eigenvalue weighted by Crippen LogP contribution is 2.29. The van der Waals surface area contributed by atoms with E-state index in [0.29, 0.717) is 24.3 Å². The molecule has 0 aliphatic carbocycles. The number of Topliss-reactive ketones (excluding diaryl/α,β-unsaturated/α-hetero) is 2. The Morgan fingerprint density at radius 1 is 0.919 bits per heavy atom. The molecule has 0 bridgehead atoms. The van der Waals surface area contributed by atoms with Crippen molar-refractivity contribution >= 4 is 34.1 Å². The molecule has 0 aliphatic heterocycles. The van der Waals surface area contributed by atoms with E-state index in [1.807, 2.05) is 79.0 Å². The minimum Gasteiger partial charge on any atom is -0.367 e. The summed E-state index contributed by atoms with van der Waals surface area (Å²) in [5.74, 6) is 1.39. The number of hydrogen-bond acceptors (Lipinski definition) is 5. The first-order valence-electron chi connectivity index (χ1n) is 12.6. The number of carbonyl (C=O) groups excluding carboxylic acids is 2. The van der Waals surface area contributed by atoms with E-state index in [-0.39, 0.29) is 11.6 Å². The number of nitrogens with one attached hydrogen (secondary N) is 1. The predicted octanol–water partition coefficient (Wildman–Crippen LogP) is 6.17. The Kier molecular flexibility index (Phi) is 6.82. The van der Waals surface area contributed by atoms with Crippen LogP contribution in [-0.4, -0.2) is 32.5 Å². The molecule has 6 nitrogen and oxygen atoms in total. The third-order valence-corrected chi connectivity index (χ3v) is 6.32. The lowest BCUT2D eigenvalue weighted by atomic mass is 9.99. The van der Waals surface area contributed by atoms with Crippen molar-refractivity contribution < 1.29 is 9.59 Å². The van der Waals surface area contributed by atoms with E-state index in [9.17, 15) is 9.59 Å². The average molecular weight is 491 g/mol. The van der Waals surface area contributed by atoms with Crippen molar-refractivity contribution in [1.82, 2.24) is 14.4 Å². The smallest absolute Gasteiger partial charge is 0.181 e. The predicted molar refractivity (Wildman–Crippen MR) is 148 cm³/mol. The Morgan fingerprint density at radius 2 is 1.65 bits per heavy atom. The normalized spacial score (nSPS) is 11.4. The van der Waals surface area contributed by atoms with Gasteiger partial charge in [-0.15, -0.1) is 0 Å². The fourth-order valence-electron chi connectivity index (χ4n) is 4.56. The zero-order valence-corrected chi connectivity index (χ0v) is 21.4. The lowest BCUT2D eigenvalue weighted by Crippen LogP contribution is -2.11. The van der Waals surface area contributed by atoms with Gasteiger partial charge in [0.05, 0.1) is 22.9 Å². The molecule has 186 valence electrons. The first kappa shape index (κ1) is 24.4. The van der Waals surface area contributed by atoms with E-state index >= 15 is 0 Å². The van der Waals surface area contributed by atoms with Crippen molar-refractivity contribution in [3.63, 3.8) is 0 Å². The monoisotopic (exact) mass is 490 g/mol. The van der Waals surface area contributed by atoms with Crippen LogP contribution in [0.2, 0.25) is 0 Å². The van der Waals surface area contributed by atoms with Crippen molar-refractivity contribution in [2.24, 2.45) is 5.92 Å². The van der Waals surface area contributed by atoms with Crippen LogP contribution in [0.5, 0.6) is 0 Å². The lowest BCUT2D eigenvalue weighted by molar-refractivity contribution is -0.116. The summed E-state index contributed by atoms with van der Waals surface area (Å²) in [6.45, 7) is 6.70. The summed E-state index contributed by atoms with van der Waals surface area (Å²) >= 11 is 0. The molecule has 37 heavy (non-hydrogen) atoms. The van der Waals surface area contributed by atoms with E-state index < -0.39 is 0 Å². The van der Waals surface area contributed by atoms with Crippen LogP contribution >= 0.6 is 0 Å². The number of benzene rings is 3. The standard InChI is InChI=1S/C31H30N4O2/c1-20(2)18-32-30-31-33-19-28(35(31)27-10-5-4-9-26(27)34-30)24-11-13-25(14-12-24)29(37)17-23-8-6-7-22(16-23)15-21(3)36/h4-14,16,19-20H,15,17-18H2,1-3H3,(H,32,34). The molecular weight excluding hydrogens is 460 g/mol.